The number of nitrogens with zero attached hydrogens (tertiary/aromatic N) is 2. The van der Waals surface area contributed by atoms with Gasteiger partial charge < -0.3 is 10.0 Å². The first-order chi connectivity index (χ1) is 8.50. The first-order valence-electron chi connectivity index (χ1n) is 6.02. The molecule has 5 heteroatoms. The van der Waals surface area contributed by atoms with Crippen molar-refractivity contribution < 1.29 is 14.7 Å². The van der Waals surface area contributed by atoms with Crippen LogP contribution in [-0.4, -0.2) is 39.0 Å². The summed E-state index contributed by atoms with van der Waals surface area (Å²) in [4.78, 5) is 28.7. The predicted octanol–water partition coefficient (Wildman–Crippen LogP) is 1.79. The number of carbonyl (C=O) groups is 2. The second-order valence-corrected chi connectivity index (χ2v) is 4.77. The number of hydrogen-bond donors (Lipinski definition) is 1. The van der Waals surface area contributed by atoms with E-state index in [2.05, 4.69) is 4.98 Å². The number of rotatable bonds is 4. The smallest absolute Gasteiger partial charge is 0.354 e. The zero-order valence-electron chi connectivity index (χ0n) is 10.5. The maximum Gasteiger partial charge on any atom is 0.354 e. The lowest BCUT2D eigenvalue weighted by molar-refractivity contribution is 0.0689. The van der Waals surface area contributed by atoms with E-state index in [0.29, 0.717) is 11.6 Å². The zero-order valence-corrected chi connectivity index (χ0v) is 10.5. The molecular formula is C13H16N2O3. The molecule has 1 aromatic rings. The van der Waals surface area contributed by atoms with E-state index in [1.165, 1.54) is 12.3 Å². The van der Waals surface area contributed by atoms with Crippen LogP contribution >= 0.6 is 0 Å². The third-order valence-electron chi connectivity index (χ3n) is 2.96. The second-order valence-electron chi connectivity index (χ2n) is 4.77. The molecule has 1 aromatic heterocycles. The average Bonchev–Trinajstić information content (AvgIpc) is 3.13. The summed E-state index contributed by atoms with van der Waals surface area (Å²) < 4.78 is 0. The lowest BCUT2D eigenvalue weighted by Crippen LogP contribution is -2.38. The molecule has 1 saturated carbocycles. The van der Waals surface area contributed by atoms with Crippen molar-refractivity contribution in [3.8, 4) is 0 Å². The highest BCUT2D eigenvalue weighted by atomic mass is 16.4. The number of aromatic carboxylic acids is 1. The molecule has 1 fully saturated rings. The summed E-state index contributed by atoms with van der Waals surface area (Å²) in [7, 11) is 0. The summed E-state index contributed by atoms with van der Waals surface area (Å²) in [6, 6.07) is 3.32. The lowest BCUT2D eigenvalue weighted by atomic mass is 10.1. The third kappa shape index (κ3) is 2.50. The van der Waals surface area contributed by atoms with E-state index in [1.807, 2.05) is 18.7 Å². The molecule has 0 unspecified atom stereocenters. The lowest BCUT2D eigenvalue weighted by Gasteiger charge is -2.26. The van der Waals surface area contributed by atoms with Gasteiger partial charge >= 0.3 is 5.97 Å². The molecule has 1 N–H and O–H groups in total. The monoisotopic (exact) mass is 248 g/mol. The standard InChI is InChI=1S/C13H16N2O3/c1-8(2)15(10-3-4-10)12(16)9-5-6-14-11(7-9)13(17)18/h5-8,10H,3-4H2,1-2H3,(H,17,18). The number of amides is 1. The molecule has 0 bridgehead atoms. The minimum Gasteiger partial charge on any atom is -0.477 e. The van der Waals surface area contributed by atoms with Gasteiger partial charge in [-0.3, -0.25) is 4.79 Å². The van der Waals surface area contributed by atoms with Crippen molar-refractivity contribution in [3.63, 3.8) is 0 Å². The van der Waals surface area contributed by atoms with Gasteiger partial charge in [0.15, 0.2) is 0 Å². The molecular weight excluding hydrogens is 232 g/mol. The Morgan fingerprint density at radius 1 is 1.44 bits per heavy atom. The predicted molar refractivity (Wildman–Crippen MR) is 65.5 cm³/mol. The number of pyridine rings is 1. The SMILES string of the molecule is CC(C)N(C(=O)c1ccnc(C(=O)O)c1)C1CC1. The number of hydrogen-bond acceptors (Lipinski definition) is 3. The fraction of sp³-hybridized carbons (Fsp3) is 0.462. The van der Waals surface area contributed by atoms with Crippen molar-refractivity contribution in [3.05, 3.63) is 29.6 Å². The van der Waals surface area contributed by atoms with Gasteiger partial charge in [0, 0.05) is 23.8 Å². The van der Waals surface area contributed by atoms with Gasteiger partial charge in [-0.1, -0.05) is 0 Å². The van der Waals surface area contributed by atoms with E-state index < -0.39 is 5.97 Å². The van der Waals surface area contributed by atoms with Crippen LogP contribution in [0.3, 0.4) is 0 Å². The van der Waals surface area contributed by atoms with Crippen molar-refractivity contribution in [2.75, 3.05) is 0 Å². The van der Waals surface area contributed by atoms with Crippen molar-refractivity contribution in [1.82, 2.24) is 9.88 Å². The number of aromatic nitrogens is 1. The number of carbonyl (C=O) groups excluding carboxylic acids is 1. The van der Waals surface area contributed by atoms with Crippen LogP contribution in [0.2, 0.25) is 0 Å². The van der Waals surface area contributed by atoms with Gasteiger partial charge in [0.2, 0.25) is 0 Å². The average molecular weight is 248 g/mol. The maximum absolute atomic E-state index is 12.3. The highest BCUT2D eigenvalue weighted by Gasteiger charge is 2.34. The van der Waals surface area contributed by atoms with Gasteiger partial charge in [-0.25, -0.2) is 9.78 Å². The second kappa shape index (κ2) is 4.76. The summed E-state index contributed by atoms with van der Waals surface area (Å²) in [5.74, 6) is -1.23. The fourth-order valence-corrected chi connectivity index (χ4v) is 2.00. The van der Waals surface area contributed by atoms with Crippen LogP contribution in [0.5, 0.6) is 0 Å². The maximum atomic E-state index is 12.3. The van der Waals surface area contributed by atoms with Crippen molar-refractivity contribution in [2.45, 2.75) is 38.8 Å². The van der Waals surface area contributed by atoms with Crippen LogP contribution in [-0.2, 0) is 0 Å². The molecule has 1 amide bonds. The zero-order chi connectivity index (χ0) is 13.3. The van der Waals surface area contributed by atoms with Gasteiger partial charge in [0.1, 0.15) is 5.69 Å². The minimum atomic E-state index is -1.12. The van der Waals surface area contributed by atoms with E-state index in [4.69, 9.17) is 5.11 Å². The summed E-state index contributed by atoms with van der Waals surface area (Å²) in [5.41, 5.74) is 0.295. The third-order valence-corrected chi connectivity index (χ3v) is 2.96. The van der Waals surface area contributed by atoms with E-state index in [9.17, 15) is 9.59 Å². The van der Waals surface area contributed by atoms with Gasteiger partial charge in [-0.05, 0) is 38.8 Å². The number of carboxylic acids is 1. The molecule has 0 atom stereocenters. The molecule has 18 heavy (non-hydrogen) atoms. The van der Waals surface area contributed by atoms with Crippen LogP contribution in [0.25, 0.3) is 0 Å². The molecule has 0 spiro atoms. The quantitative estimate of drug-likeness (QED) is 0.881. The Bertz CT molecular complexity index is 479. The van der Waals surface area contributed by atoms with E-state index in [0.717, 1.165) is 12.8 Å². The highest BCUT2D eigenvalue weighted by molar-refractivity contribution is 5.97. The van der Waals surface area contributed by atoms with Gasteiger partial charge in [-0.2, -0.15) is 0 Å². The fourth-order valence-electron chi connectivity index (χ4n) is 2.00. The van der Waals surface area contributed by atoms with Crippen LogP contribution in [0.15, 0.2) is 18.3 Å². The Balaban J connectivity index is 2.26. The summed E-state index contributed by atoms with van der Waals surface area (Å²) >= 11 is 0. The molecule has 0 saturated heterocycles. The van der Waals surface area contributed by atoms with Gasteiger partial charge in [0.05, 0.1) is 0 Å². The largest absolute Gasteiger partial charge is 0.477 e. The summed E-state index contributed by atoms with van der Waals surface area (Å²) in [6.45, 7) is 3.94. The van der Waals surface area contributed by atoms with E-state index in [1.54, 1.807) is 6.07 Å². The molecule has 1 aliphatic carbocycles. The Morgan fingerprint density at radius 3 is 2.61 bits per heavy atom. The van der Waals surface area contributed by atoms with Crippen LogP contribution in [0.4, 0.5) is 0 Å². The molecule has 0 aromatic carbocycles. The normalized spacial score (nSPS) is 14.6. The van der Waals surface area contributed by atoms with E-state index in [-0.39, 0.29) is 17.6 Å². The van der Waals surface area contributed by atoms with Crippen LogP contribution in [0, 0.1) is 0 Å². The molecule has 96 valence electrons. The summed E-state index contributed by atoms with van der Waals surface area (Å²) in [6.07, 6.45) is 3.42. The van der Waals surface area contributed by atoms with Crippen molar-refractivity contribution >= 4 is 11.9 Å². The van der Waals surface area contributed by atoms with Crippen molar-refractivity contribution in [2.24, 2.45) is 0 Å². The first-order valence-corrected chi connectivity index (χ1v) is 6.02. The first kappa shape index (κ1) is 12.5. The topological polar surface area (TPSA) is 70.5 Å². The van der Waals surface area contributed by atoms with Gasteiger partial charge in [0.25, 0.3) is 5.91 Å². The molecule has 0 radical (unpaired) electrons. The highest BCUT2D eigenvalue weighted by Crippen LogP contribution is 2.30. The summed E-state index contributed by atoms with van der Waals surface area (Å²) in [5, 5.41) is 8.87. The van der Waals surface area contributed by atoms with Crippen LogP contribution < -0.4 is 0 Å². The molecule has 1 heterocycles. The Hall–Kier alpha value is -1.91. The molecule has 2 rings (SSSR count). The Kier molecular flexibility index (Phi) is 3.32. The minimum absolute atomic E-state index is 0.0969. The van der Waals surface area contributed by atoms with Crippen LogP contribution in [0.1, 0.15) is 47.5 Å². The Morgan fingerprint density at radius 2 is 2.11 bits per heavy atom. The molecule has 1 aliphatic rings. The Labute approximate surface area is 105 Å². The number of carboxylic acid groups (broad SMARTS) is 1. The molecule has 5 nitrogen and oxygen atoms in total. The van der Waals surface area contributed by atoms with E-state index >= 15 is 0 Å². The molecule has 0 aliphatic heterocycles. The van der Waals surface area contributed by atoms with Gasteiger partial charge in [-0.15, -0.1) is 0 Å². The van der Waals surface area contributed by atoms with Crippen molar-refractivity contribution in [1.29, 1.82) is 0 Å².